The Labute approximate surface area is 143 Å². The molecule has 1 N–H and O–H groups in total. The van der Waals surface area contributed by atoms with Crippen LogP contribution in [0, 0.1) is 17.2 Å². The maximum Gasteiger partial charge on any atom is 0.142 e. The van der Waals surface area contributed by atoms with Crippen molar-refractivity contribution in [1.82, 2.24) is 5.32 Å². The van der Waals surface area contributed by atoms with Gasteiger partial charge in [0, 0.05) is 26.2 Å². The van der Waals surface area contributed by atoms with Crippen molar-refractivity contribution in [2.75, 3.05) is 31.6 Å². The summed E-state index contributed by atoms with van der Waals surface area (Å²) >= 11 is 0. The summed E-state index contributed by atoms with van der Waals surface area (Å²) in [5.41, 5.74) is 3.12. The van der Waals surface area contributed by atoms with Gasteiger partial charge in [0.15, 0.2) is 0 Å². The quantitative estimate of drug-likeness (QED) is 0.888. The number of nitrogens with one attached hydrogen (secondary N) is 1. The van der Waals surface area contributed by atoms with Gasteiger partial charge in [-0.2, -0.15) is 5.26 Å². The highest BCUT2D eigenvalue weighted by atomic mass is 16.5. The molecule has 4 nitrogen and oxygen atoms in total. The molecule has 24 heavy (non-hydrogen) atoms. The molecule has 0 bridgehead atoms. The third-order valence-corrected chi connectivity index (χ3v) is 4.56. The average molecular weight is 321 g/mol. The molecule has 0 unspecified atom stereocenters. The van der Waals surface area contributed by atoms with Gasteiger partial charge in [-0.1, -0.05) is 24.3 Å². The summed E-state index contributed by atoms with van der Waals surface area (Å²) in [6, 6.07) is 18.1. The Bertz CT molecular complexity index is 706. The first-order valence-electron chi connectivity index (χ1n) is 8.38. The van der Waals surface area contributed by atoms with Crippen molar-refractivity contribution in [1.29, 1.82) is 5.26 Å². The van der Waals surface area contributed by atoms with Crippen LogP contribution in [-0.4, -0.2) is 26.7 Å². The summed E-state index contributed by atoms with van der Waals surface area (Å²) < 4.78 is 5.47. The molecular weight excluding hydrogens is 298 g/mol. The molecule has 0 aliphatic carbocycles. The molecule has 1 atom stereocenters. The number of nitriles is 1. The molecule has 1 aliphatic heterocycles. The topological polar surface area (TPSA) is 48.3 Å². The number of methoxy groups -OCH3 is 1. The lowest BCUT2D eigenvalue weighted by Crippen LogP contribution is -2.26. The summed E-state index contributed by atoms with van der Waals surface area (Å²) in [7, 11) is 1.73. The first-order valence-corrected chi connectivity index (χ1v) is 8.38. The average Bonchev–Trinajstić information content (AvgIpc) is 3.11. The molecule has 1 saturated heterocycles. The Morgan fingerprint density at radius 1 is 1.21 bits per heavy atom. The van der Waals surface area contributed by atoms with Crippen LogP contribution in [0.3, 0.4) is 0 Å². The summed E-state index contributed by atoms with van der Waals surface area (Å²) in [5.74, 6) is 1.59. The van der Waals surface area contributed by atoms with E-state index in [0.29, 0.717) is 11.5 Å². The van der Waals surface area contributed by atoms with E-state index in [2.05, 4.69) is 28.4 Å². The van der Waals surface area contributed by atoms with Gasteiger partial charge in [-0.15, -0.1) is 0 Å². The van der Waals surface area contributed by atoms with Gasteiger partial charge >= 0.3 is 0 Å². The molecule has 0 radical (unpaired) electrons. The predicted molar refractivity (Wildman–Crippen MR) is 96.2 cm³/mol. The Kier molecular flexibility index (Phi) is 5.35. The number of para-hydroxylation sites is 2. The number of hydrogen-bond acceptors (Lipinski definition) is 4. The molecule has 2 aromatic rings. The van der Waals surface area contributed by atoms with Crippen LogP contribution in [0.1, 0.15) is 17.5 Å². The fourth-order valence-corrected chi connectivity index (χ4v) is 3.23. The molecule has 0 amide bonds. The van der Waals surface area contributed by atoms with E-state index < -0.39 is 0 Å². The first kappa shape index (κ1) is 16.4. The van der Waals surface area contributed by atoms with E-state index in [0.717, 1.165) is 31.9 Å². The Balaban J connectivity index is 1.48. The Morgan fingerprint density at radius 2 is 2.00 bits per heavy atom. The molecular formula is C20H23N3O. The molecule has 1 heterocycles. The molecule has 0 aromatic heterocycles. The van der Waals surface area contributed by atoms with E-state index in [9.17, 15) is 0 Å². The van der Waals surface area contributed by atoms with Crippen LogP contribution in [0.2, 0.25) is 0 Å². The fourth-order valence-electron chi connectivity index (χ4n) is 3.23. The smallest absolute Gasteiger partial charge is 0.142 e. The summed E-state index contributed by atoms with van der Waals surface area (Å²) in [4.78, 5) is 2.41. The second-order valence-electron chi connectivity index (χ2n) is 6.21. The Hall–Kier alpha value is -2.51. The van der Waals surface area contributed by atoms with Crippen molar-refractivity contribution in [3.05, 3.63) is 59.7 Å². The molecule has 3 rings (SSSR count). The first-order chi connectivity index (χ1) is 11.8. The van der Waals surface area contributed by atoms with Crippen LogP contribution in [-0.2, 0) is 6.54 Å². The number of anilines is 1. The number of hydrogen-bond donors (Lipinski definition) is 1. The van der Waals surface area contributed by atoms with Crippen molar-refractivity contribution in [3.8, 4) is 11.8 Å². The second-order valence-corrected chi connectivity index (χ2v) is 6.21. The lowest BCUT2D eigenvalue weighted by atomic mass is 10.1. The van der Waals surface area contributed by atoms with E-state index in [4.69, 9.17) is 10.00 Å². The van der Waals surface area contributed by atoms with Crippen LogP contribution in [0.15, 0.2) is 48.5 Å². The zero-order chi connectivity index (χ0) is 16.8. The van der Waals surface area contributed by atoms with Gasteiger partial charge in [0.05, 0.1) is 24.4 Å². The third kappa shape index (κ3) is 3.87. The molecule has 0 saturated carbocycles. The van der Waals surface area contributed by atoms with E-state index >= 15 is 0 Å². The monoisotopic (exact) mass is 321 g/mol. The number of nitrogens with zero attached hydrogens (tertiary/aromatic N) is 2. The van der Waals surface area contributed by atoms with E-state index in [-0.39, 0.29) is 0 Å². The summed E-state index contributed by atoms with van der Waals surface area (Å²) in [6.45, 7) is 3.98. The normalized spacial score (nSPS) is 16.8. The maximum atomic E-state index is 8.83. The summed E-state index contributed by atoms with van der Waals surface area (Å²) in [5, 5.41) is 12.4. The highest BCUT2D eigenvalue weighted by Gasteiger charge is 2.24. The van der Waals surface area contributed by atoms with Gasteiger partial charge in [0.2, 0.25) is 0 Å². The lowest BCUT2D eigenvalue weighted by molar-refractivity contribution is 0.414. The number of rotatable bonds is 6. The SMILES string of the molecule is COc1ccccc1N1CC[C@@H](CNCc2ccc(C#N)cc2)C1. The molecule has 0 spiro atoms. The standard InChI is InChI=1S/C20H23N3O/c1-24-20-5-3-2-4-19(20)23-11-10-18(15-23)14-22-13-17-8-6-16(12-21)7-9-17/h2-9,18,22H,10-11,13-15H2,1H3/t18-/m0/s1. The van der Waals surface area contributed by atoms with Crippen LogP contribution in [0.4, 0.5) is 5.69 Å². The molecule has 4 heteroatoms. The maximum absolute atomic E-state index is 8.83. The molecule has 2 aromatic carbocycles. The zero-order valence-corrected chi connectivity index (χ0v) is 14.0. The van der Waals surface area contributed by atoms with E-state index in [1.807, 2.05) is 36.4 Å². The van der Waals surface area contributed by atoms with Crippen LogP contribution < -0.4 is 15.0 Å². The van der Waals surface area contributed by atoms with Crippen molar-refractivity contribution >= 4 is 5.69 Å². The van der Waals surface area contributed by atoms with E-state index in [1.165, 1.54) is 17.7 Å². The van der Waals surface area contributed by atoms with Crippen molar-refractivity contribution in [3.63, 3.8) is 0 Å². The van der Waals surface area contributed by atoms with Gasteiger partial charge in [-0.05, 0) is 42.2 Å². The molecule has 1 aliphatic rings. The fraction of sp³-hybridized carbons (Fsp3) is 0.350. The van der Waals surface area contributed by atoms with Gasteiger partial charge in [-0.25, -0.2) is 0 Å². The lowest BCUT2D eigenvalue weighted by Gasteiger charge is -2.21. The zero-order valence-electron chi connectivity index (χ0n) is 14.0. The highest BCUT2D eigenvalue weighted by Crippen LogP contribution is 2.31. The minimum atomic E-state index is 0.647. The predicted octanol–water partition coefficient (Wildman–Crippen LogP) is 3.18. The van der Waals surface area contributed by atoms with Crippen molar-refractivity contribution in [2.45, 2.75) is 13.0 Å². The van der Waals surface area contributed by atoms with Crippen LogP contribution >= 0.6 is 0 Å². The van der Waals surface area contributed by atoms with Gasteiger partial charge < -0.3 is 15.0 Å². The van der Waals surface area contributed by atoms with Gasteiger partial charge in [0.1, 0.15) is 5.75 Å². The largest absolute Gasteiger partial charge is 0.495 e. The second kappa shape index (κ2) is 7.85. The number of benzene rings is 2. The van der Waals surface area contributed by atoms with Gasteiger partial charge in [0.25, 0.3) is 0 Å². The van der Waals surface area contributed by atoms with Gasteiger partial charge in [-0.3, -0.25) is 0 Å². The third-order valence-electron chi connectivity index (χ3n) is 4.56. The molecule has 1 fully saturated rings. The van der Waals surface area contributed by atoms with Crippen molar-refractivity contribution < 1.29 is 4.74 Å². The molecule has 124 valence electrons. The van der Waals surface area contributed by atoms with Crippen LogP contribution in [0.25, 0.3) is 0 Å². The van der Waals surface area contributed by atoms with E-state index in [1.54, 1.807) is 7.11 Å². The minimum absolute atomic E-state index is 0.647. The number of ether oxygens (including phenoxy) is 1. The minimum Gasteiger partial charge on any atom is -0.495 e. The summed E-state index contributed by atoms with van der Waals surface area (Å²) in [6.07, 6.45) is 1.19. The Morgan fingerprint density at radius 3 is 2.75 bits per heavy atom. The van der Waals surface area contributed by atoms with Crippen molar-refractivity contribution in [2.24, 2.45) is 5.92 Å². The van der Waals surface area contributed by atoms with Crippen LogP contribution in [0.5, 0.6) is 5.75 Å². The highest BCUT2D eigenvalue weighted by molar-refractivity contribution is 5.59.